The Labute approximate surface area is 107 Å². The number of hydrogen-bond acceptors (Lipinski definition) is 4. The lowest BCUT2D eigenvalue weighted by Gasteiger charge is -2.42. The second kappa shape index (κ2) is 4.05. The van der Waals surface area contributed by atoms with E-state index in [4.69, 9.17) is 9.47 Å². The van der Waals surface area contributed by atoms with Crippen molar-refractivity contribution < 1.29 is 14.6 Å². The van der Waals surface area contributed by atoms with Crippen LogP contribution in [-0.4, -0.2) is 31.1 Å². The van der Waals surface area contributed by atoms with Crippen LogP contribution in [0.3, 0.4) is 0 Å². The third-order valence-corrected chi connectivity index (χ3v) is 4.04. The largest absolute Gasteiger partial charge is 0.454 e. The molecule has 0 aliphatic carbocycles. The van der Waals surface area contributed by atoms with E-state index in [0.29, 0.717) is 13.3 Å². The Morgan fingerprint density at radius 3 is 2.83 bits per heavy atom. The molecule has 2 aliphatic rings. The van der Waals surface area contributed by atoms with E-state index in [2.05, 4.69) is 18.7 Å². The second-order valence-corrected chi connectivity index (χ2v) is 5.74. The van der Waals surface area contributed by atoms with Crippen molar-refractivity contribution >= 4 is 5.69 Å². The SMILES string of the molecule is CC1(C)CCN(c2ccc3c(c2)OCO3)CC1O. The molecule has 1 atom stereocenters. The summed E-state index contributed by atoms with van der Waals surface area (Å²) in [7, 11) is 0. The van der Waals surface area contributed by atoms with Crippen LogP contribution in [0.5, 0.6) is 11.5 Å². The van der Waals surface area contributed by atoms with E-state index < -0.39 is 0 Å². The van der Waals surface area contributed by atoms with Crippen LogP contribution in [0.15, 0.2) is 18.2 Å². The van der Waals surface area contributed by atoms with Gasteiger partial charge in [0.2, 0.25) is 6.79 Å². The van der Waals surface area contributed by atoms with E-state index >= 15 is 0 Å². The van der Waals surface area contributed by atoms with Gasteiger partial charge in [0.1, 0.15) is 0 Å². The normalized spacial score (nSPS) is 25.3. The average Bonchev–Trinajstić information content (AvgIpc) is 2.79. The van der Waals surface area contributed by atoms with Crippen LogP contribution in [0, 0.1) is 5.41 Å². The number of fused-ring (bicyclic) bond motifs is 1. The fourth-order valence-corrected chi connectivity index (χ4v) is 2.45. The van der Waals surface area contributed by atoms with Gasteiger partial charge in [0.15, 0.2) is 11.5 Å². The lowest BCUT2D eigenvalue weighted by atomic mass is 9.80. The molecule has 0 bridgehead atoms. The van der Waals surface area contributed by atoms with Crippen molar-refractivity contribution in [3.8, 4) is 11.5 Å². The van der Waals surface area contributed by atoms with Gasteiger partial charge in [-0.05, 0) is 24.0 Å². The Balaban J connectivity index is 1.80. The highest BCUT2D eigenvalue weighted by atomic mass is 16.7. The highest BCUT2D eigenvalue weighted by molar-refractivity contribution is 5.57. The number of ether oxygens (including phenoxy) is 2. The highest BCUT2D eigenvalue weighted by Gasteiger charge is 2.34. The number of aliphatic hydroxyl groups excluding tert-OH is 1. The van der Waals surface area contributed by atoms with Gasteiger partial charge in [-0.2, -0.15) is 0 Å². The fraction of sp³-hybridized carbons (Fsp3) is 0.571. The van der Waals surface area contributed by atoms with Gasteiger partial charge in [-0.3, -0.25) is 0 Å². The summed E-state index contributed by atoms with van der Waals surface area (Å²) in [6.45, 7) is 6.17. The molecule has 4 heteroatoms. The molecule has 1 N–H and O–H groups in total. The predicted octanol–water partition coefficient (Wildman–Crippen LogP) is 2.01. The van der Waals surface area contributed by atoms with Crippen LogP contribution in [0.4, 0.5) is 5.69 Å². The molecule has 0 spiro atoms. The van der Waals surface area contributed by atoms with Crippen LogP contribution >= 0.6 is 0 Å². The van der Waals surface area contributed by atoms with Crippen molar-refractivity contribution in [2.24, 2.45) is 5.41 Å². The Morgan fingerprint density at radius 2 is 2.06 bits per heavy atom. The van der Waals surface area contributed by atoms with Crippen molar-refractivity contribution in [2.75, 3.05) is 24.8 Å². The summed E-state index contributed by atoms with van der Waals surface area (Å²) in [5.74, 6) is 1.60. The molecule has 1 unspecified atom stereocenters. The molecule has 2 aliphatic heterocycles. The quantitative estimate of drug-likeness (QED) is 0.826. The van der Waals surface area contributed by atoms with E-state index in [-0.39, 0.29) is 11.5 Å². The molecule has 18 heavy (non-hydrogen) atoms. The van der Waals surface area contributed by atoms with Crippen molar-refractivity contribution in [1.82, 2.24) is 0 Å². The molecule has 1 fully saturated rings. The van der Waals surface area contributed by atoms with Crippen LogP contribution < -0.4 is 14.4 Å². The Bertz CT molecular complexity index is 458. The van der Waals surface area contributed by atoms with Gasteiger partial charge in [-0.25, -0.2) is 0 Å². The third-order valence-electron chi connectivity index (χ3n) is 4.04. The molecule has 0 radical (unpaired) electrons. The molecule has 1 saturated heterocycles. The van der Waals surface area contributed by atoms with Gasteiger partial charge >= 0.3 is 0 Å². The summed E-state index contributed by atoms with van der Waals surface area (Å²) < 4.78 is 10.7. The minimum Gasteiger partial charge on any atom is -0.454 e. The third kappa shape index (κ3) is 1.90. The fourth-order valence-electron chi connectivity index (χ4n) is 2.45. The Kier molecular flexibility index (Phi) is 2.63. The van der Waals surface area contributed by atoms with Gasteiger partial charge in [-0.1, -0.05) is 13.8 Å². The number of rotatable bonds is 1. The van der Waals surface area contributed by atoms with E-state index in [1.807, 2.05) is 18.2 Å². The zero-order chi connectivity index (χ0) is 12.8. The minimum absolute atomic E-state index is 0.00678. The van der Waals surface area contributed by atoms with Gasteiger partial charge in [0.05, 0.1) is 6.10 Å². The first kappa shape index (κ1) is 11.7. The summed E-state index contributed by atoms with van der Waals surface area (Å²) in [4.78, 5) is 2.21. The minimum atomic E-state index is -0.295. The molecular weight excluding hydrogens is 230 g/mol. The number of nitrogens with zero attached hydrogens (tertiary/aromatic N) is 1. The molecule has 98 valence electrons. The first-order valence-electron chi connectivity index (χ1n) is 6.39. The number of β-amino-alcohol motifs (C(OH)–C–C–N with tert-alkyl or cyclic N) is 1. The predicted molar refractivity (Wildman–Crippen MR) is 69.2 cm³/mol. The Morgan fingerprint density at radius 1 is 1.28 bits per heavy atom. The average molecular weight is 249 g/mol. The number of anilines is 1. The monoisotopic (exact) mass is 249 g/mol. The molecule has 1 aromatic rings. The molecule has 3 rings (SSSR count). The van der Waals surface area contributed by atoms with E-state index in [9.17, 15) is 5.11 Å². The van der Waals surface area contributed by atoms with Gasteiger partial charge < -0.3 is 19.5 Å². The first-order chi connectivity index (χ1) is 8.56. The number of aliphatic hydroxyl groups is 1. The zero-order valence-corrected chi connectivity index (χ0v) is 10.8. The van der Waals surface area contributed by atoms with Crippen LogP contribution in [0.25, 0.3) is 0 Å². The molecule has 0 aromatic heterocycles. The second-order valence-electron chi connectivity index (χ2n) is 5.74. The van der Waals surface area contributed by atoms with E-state index in [0.717, 1.165) is 30.2 Å². The van der Waals surface area contributed by atoms with Crippen LogP contribution in [0.1, 0.15) is 20.3 Å². The standard InChI is InChI=1S/C14H19NO3/c1-14(2)5-6-15(8-13(14)16)10-3-4-11-12(7-10)18-9-17-11/h3-4,7,13,16H,5-6,8-9H2,1-2H3. The molecule has 4 nitrogen and oxygen atoms in total. The summed E-state index contributed by atoms with van der Waals surface area (Å²) in [6.07, 6.45) is 0.694. The summed E-state index contributed by atoms with van der Waals surface area (Å²) in [5, 5.41) is 10.2. The molecule has 2 heterocycles. The molecular formula is C14H19NO3. The van der Waals surface area contributed by atoms with Crippen LogP contribution in [0.2, 0.25) is 0 Å². The summed E-state index contributed by atoms with van der Waals surface area (Å²) in [6, 6.07) is 5.95. The van der Waals surface area contributed by atoms with E-state index in [1.165, 1.54) is 0 Å². The number of hydrogen-bond donors (Lipinski definition) is 1. The molecule has 1 aromatic carbocycles. The van der Waals surface area contributed by atoms with E-state index in [1.54, 1.807) is 0 Å². The molecule has 0 saturated carbocycles. The van der Waals surface area contributed by atoms with Crippen molar-refractivity contribution in [3.05, 3.63) is 18.2 Å². The van der Waals surface area contributed by atoms with Crippen molar-refractivity contribution in [2.45, 2.75) is 26.4 Å². The maximum atomic E-state index is 10.2. The number of benzene rings is 1. The van der Waals surface area contributed by atoms with Gasteiger partial charge in [-0.15, -0.1) is 0 Å². The lowest BCUT2D eigenvalue weighted by Crippen LogP contribution is -2.48. The van der Waals surface area contributed by atoms with Crippen molar-refractivity contribution in [1.29, 1.82) is 0 Å². The first-order valence-corrected chi connectivity index (χ1v) is 6.39. The summed E-state index contributed by atoms with van der Waals surface area (Å²) in [5.41, 5.74) is 1.10. The lowest BCUT2D eigenvalue weighted by molar-refractivity contribution is 0.0351. The number of piperidine rings is 1. The van der Waals surface area contributed by atoms with Crippen molar-refractivity contribution in [3.63, 3.8) is 0 Å². The maximum absolute atomic E-state index is 10.2. The van der Waals surface area contributed by atoms with Gasteiger partial charge in [0, 0.05) is 24.8 Å². The Hall–Kier alpha value is -1.42. The zero-order valence-electron chi connectivity index (χ0n) is 10.8. The smallest absolute Gasteiger partial charge is 0.231 e. The topological polar surface area (TPSA) is 41.9 Å². The van der Waals surface area contributed by atoms with Gasteiger partial charge in [0.25, 0.3) is 0 Å². The maximum Gasteiger partial charge on any atom is 0.231 e. The molecule has 0 amide bonds. The summed E-state index contributed by atoms with van der Waals surface area (Å²) >= 11 is 0. The van der Waals surface area contributed by atoms with Crippen LogP contribution in [-0.2, 0) is 0 Å². The highest BCUT2D eigenvalue weighted by Crippen LogP contribution is 2.38.